The summed E-state index contributed by atoms with van der Waals surface area (Å²) in [5.74, 6) is -3.41. The molecule has 0 aliphatic carbocycles. The minimum absolute atomic E-state index is 0.00795. The SMILES string of the molecule is O=C(O)CSCCCc1ccc(C(=O)O)c(C(=O)O)c1CCCSCC(=O)O. The normalized spacial score (nSPS) is 10.6. The lowest BCUT2D eigenvalue weighted by Crippen LogP contribution is -2.14. The maximum atomic E-state index is 11.7. The van der Waals surface area contributed by atoms with Crippen LogP contribution in [0.4, 0.5) is 0 Å². The lowest BCUT2D eigenvalue weighted by atomic mass is 9.91. The zero-order valence-electron chi connectivity index (χ0n) is 15.0. The highest BCUT2D eigenvalue weighted by Crippen LogP contribution is 2.24. The standard InChI is InChI=1S/C18H22O8S2/c19-14(20)9-27-7-1-3-11-5-6-13(17(23)24)16(18(25)26)12(11)4-2-8-28-10-15(21)22/h5-6H,1-4,7-10H2,(H,19,20)(H,21,22)(H,23,24)(H,25,26). The quantitative estimate of drug-likeness (QED) is 0.324. The fourth-order valence-electron chi connectivity index (χ4n) is 2.67. The molecule has 28 heavy (non-hydrogen) atoms. The van der Waals surface area contributed by atoms with E-state index in [-0.39, 0.29) is 22.6 Å². The number of aryl methyl sites for hydroxylation is 1. The zero-order valence-corrected chi connectivity index (χ0v) is 16.7. The molecule has 4 N–H and O–H groups in total. The predicted molar refractivity (Wildman–Crippen MR) is 107 cm³/mol. The van der Waals surface area contributed by atoms with Crippen LogP contribution in [0.3, 0.4) is 0 Å². The molecule has 8 nitrogen and oxygen atoms in total. The lowest BCUT2D eigenvalue weighted by molar-refractivity contribution is -0.134. The van der Waals surface area contributed by atoms with Gasteiger partial charge in [-0.3, -0.25) is 9.59 Å². The summed E-state index contributed by atoms with van der Waals surface area (Å²) in [5.41, 5.74) is 0.671. The van der Waals surface area contributed by atoms with Gasteiger partial charge in [-0.1, -0.05) is 6.07 Å². The third kappa shape index (κ3) is 8.22. The van der Waals surface area contributed by atoms with Gasteiger partial charge < -0.3 is 20.4 Å². The van der Waals surface area contributed by atoms with Crippen LogP contribution in [-0.4, -0.2) is 67.3 Å². The molecule has 1 aromatic rings. The van der Waals surface area contributed by atoms with Crippen LogP contribution in [0.5, 0.6) is 0 Å². The van der Waals surface area contributed by atoms with Gasteiger partial charge in [-0.2, -0.15) is 23.5 Å². The minimum atomic E-state index is -1.32. The van der Waals surface area contributed by atoms with Crippen LogP contribution >= 0.6 is 23.5 Å². The van der Waals surface area contributed by atoms with Crippen molar-refractivity contribution in [1.82, 2.24) is 0 Å². The number of aromatic carboxylic acids is 2. The molecule has 0 aromatic heterocycles. The molecule has 0 radical (unpaired) electrons. The van der Waals surface area contributed by atoms with Crippen molar-refractivity contribution in [2.24, 2.45) is 0 Å². The summed E-state index contributed by atoms with van der Waals surface area (Å²) in [5, 5.41) is 36.2. The Morgan fingerprint density at radius 2 is 1.29 bits per heavy atom. The Balaban J connectivity index is 2.94. The molecule has 0 atom stereocenters. The van der Waals surface area contributed by atoms with E-state index in [0.717, 1.165) is 5.56 Å². The van der Waals surface area contributed by atoms with Crippen molar-refractivity contribution in [3.05, 3.63) is 34.4 Å². The van der Waals surface area contributed by atoms with Crippen LogP contribution in [0, 0.1) is 0 Å². The van der Waals surface area contributed by atoms with E-state index < -0.39 is 23.9 Å². The van der Waals surface area contributed by atoms with Gasteiger partial charge in [0.1, 0.15) is 0 Å². The van der Waals surface area contributed by atoms with Crippen molar-refractivity contribution >= 4 is 47.4 Å². The second-order valence-electron chi connectivity index (χ2n) is 5.84. The summed E-state index contributed by atoms with van der Waals surface area (Å²) >= 11 is 2.48. The van der Waals surface area contributed by atoms with E-state index in [9.17, 15) is 29.4 Å². The summed E-state index contributed by atoms with van der Waals surface area (Å²) in [6.45, 7) is 0. The third-order valence-corrected chi connectivity index (χ3v) is 5.81. The Labute approximate surface area is 170 Å². The monoisotopic (exact) mass is 430 g/mol. The van der Waals surface area contributed by atoms with Crippen LogP contribution < -0.4 is 0 Å². The van der Waals surface area contributed by atoms with Crippen molar-refractivity contribution in [2.75, 3.05) is 23.0 Å². The summed E-state index contributed by atoms with van der Waals surface area (Å²) < 4.78 is 0. The van der Waals surface area contributed by atoms with E-state index in [1.54, 1.807) is 6.07 Å². The molecule has 154 valence electrons. The van der Waals surface area contributed by atoms with Crippen LogP contribution in [-0.2, 0) is 22.4 Å². The number of carbonyl (C=O) groups is 4. The summed E-state index contributed by atoms with van der Waals surface area (Å²) in [7, 11) is 0. The smallest absolute Gasteiger partial charge is 0.336 e. The fourth-order valence-corrected chi connectivity index (χ4v) is 4.00. The highest BCUT2D eigenvalue weighted by Gasteiger charge is 2.22. The number of aliphatic carboxylic acids is 2. The van der Waals surface area contributed by atoms with Gasteiger partial charge in [0.25, 0.3) is 0 Å². The van der Waals surface area contributed by atoms with Crippen LogP contribution in [0.15, 0.2) is 12.1 Å². The van der Waals surface area contributed by atoms with Gasteiger partial charge in [0.2, 0.25) is 0 Å². The summed E-state index contributed by atoms with van der Waals surface area (Å²) in [4.78, 5) is 44.2. The Morgan fingerprint density at radius 3 is 1.75 bits per heavy atom. The first-order valence-corrected chi connectivity index (χ1v) is 10.7. The molecule has 1 aromatic carbocycles. The van der Waals surface area contributed by atoms with E-state index >= 15 is 0 Å². The molecular weight excluding hydrogens is 408 g/mol. The summed E-state index contributed by atoms with van der Waals surface area (Å²) in [6.07, 6.45) is 1.98. The summed E-state index contributed by atoms with van der Waals surface area (Å²) in [6, 6.07) is 2.89. The molecule has 0 heterocycles. The number of benzene rings is 1. The third-order valence-electron chi connectivity index (χ3n) is 3.76. The van der Waals surface area contributed by atoms with Gasteiger partial charge in [-0.05, 0) is 54.4 Å². The number of hydrogen-bond donors (Lipinski definition) is 4. The van der Waals surface area contributed by atoms with Crippen LogP contribution in [0.2, 0.25) is 0 Å². The second-order valence-corrected chi connectivity index (χ2v) is 8.05. The highest BCUT2D eigenvalue weighted by molar-refractivity contribution is 8.00. The molecule has 0 fully saturated rings. The largest absolute Gasteiger partial charge is 0.481 e. The van der Waals surface area contributed by atoms with Crippen molar-refractivity contribution < 1.29 is 39.6 Å². The maximum absolute atomic E-state index is 11.7. The predicted octanol–water partition coefficient (Wildman–Crippen LogP) is 2.58. The first kappa shape index (κ1) is 23.8. The molecule has 0 amide bonds. The average Bonchev–Trinajstić information content (AvgIpc) is 2.60. The fraction of sp³-hybridized carbons (Fsp3) is 0.444. The average molecular weight is 431 g/mol. The Hall–Kier alpha value is -2.20. The Bertz CT molecular complexity index is 733. The molecular formula is C18H22O8S2. The van der Waals surface area contributed by atoms with E-state index in [1.807, 2.05) is 0 Å². The van der Waals surface area contributed by atoms with Gasteiger partial charge >= 0.3 is 23.9 Å². The second kappa shape index (κ2) is 12.3. The van der Waals surface area contributed by atoms with Gasteiger partial charge in [0, 0.05) is 0 Å². The van der Waals surface area contributed by atoms with E-state index in [2.05, 4.69) is 0 Å². The number of rotatable bonds is 14. The Kier molecular flexibility index (Phi) is 10.5. The number of hydrogen-bond acceptors (Lipinski definition) is 6. The van der Waals surface area contributed by atoms with Crippen molar-refractivity contribution in [2.45, 2.75) is 25.7 Å². The molecule has 10 heteroatoms. The zero-order chi connectivity index (χ0) is 21.1. The van der Waals surface area contributed by atoms with Crippen LogP contribution in [0.25, 0.3) is 0 Å². The van der Waals surface area contributed by atoms with E-state index in [4.69, 9.17) is 10.2 Å². The lowest BCUT2D eigenvalue weighted by Gasteiger charge is -2.15. The highest BCUT2D eigenvalue weighted by atomic mass is 32.2. The molecule has 0 unspecified atom stereocenters. The number of thioether (sulfide) groups is 2. The molecule has 0 saturated carbocycles. The first-order chi connectivity index (χ1) is 13.2. The van der Waals surface area contributed by atoms with Gasteiger partial charge in [-0.25, -0.2) is 9.59 Å². The molecule has 0 aliphatic rings. The molecule has 0 spiro atoms. The number of carboxylic acid groups (broad SMARTS) is 4. The topological polar surface area (TPSA) is 149 Å². The molecule has 0 bridgehead atoms. The number of carboxylic acids is 4. The van der Waals surface area contributed by atoms with Crippen molar-refractivity contribution in [1.29, 1.82) is 0 Å². The van der Waals surface area contributed by atoms with Crippen LogP contribution in [0.1, 0.15) is 44.7 Å². The van der Waals surface area contributed by atoms with Gasteiger partial charge in [0.15, 0.2) is 0 Å². The van der Waals surface area contributed by atoms with Gasteiger partial charge in [0.05, 0.1) is 22.6 Å². The molecule has 0 saturated heterocycles. The first-order valence-electron chi connectivity index (χ1n) is 8.44. The maximum Gasteiger partial charge on any atom is 0.336 e. The van der Waals surface area contributed by atoms with Crippen molar-refractivity contribution in [3.8, 4) is 0 Å². The minimum Gasteiger partial charge on any atom is -0.481 e. The van der Waals surface area contributed by atoms with E-state index in [1.165, 1.54) is 29.6 Å². The van der Waals surface area contributed by atoms with E-state index in [0.29, 0.717) is 42.8 Å². The Morgan fingerprint density at radius 1 is 0.750 bits per heavy atom. The molecule has 0 aliphatic heterocycles. The molecule has 1 rings (SSSR count). The van der Waals surface area contributed by atoms with Gasteiger partial charge in [-0.15, -0.1) is 0 Å². The van der Waals surface area contributed by atoms with Crippen molar-refractivity contribution in [3.63, 3.8) is 0 Å².